The molecule has 0 aliphatic heterocycles. The van der Waals surface area contributed by atoms with E-state index in [2.05, 4.69) is 10.1 Å². The third-order valence-electron chi connectivity index (χ3n) is 4.22. The normalized spacial score (nSPS) is 19.9. The second kappa shape index (κ2) is 6.64. The summed E-state index contributed by atoms with van der Waals surface area (Å²) in [6.07, 6.45) is 0.0823. The molecule has 122 valence electrons. The second-order valence-electron chi connectivity index (χ2n) is 5.77. The van der Waals surface area contributed by atoms with E-state index in [1.54, 1.807) is 19.1 Å². The maximum atomic E-state index is 12.6. The van der Waals surface area contributed by atoms with Crippen molar-refractivity contribution in [1.29, 1.82) is 0 Å². The van der Waals surface area contributed by atoms with Crippen LogP contribution in [0.3, 0.4) is 0 Å². The predicted molar refractivity (Wildman–Crippen MR) is 83.5 cm³/mol. The summed E-state index contributed by atoms with van der Waals surface area (Å²) in [5, 5.41) is 13.5. The van der Waals surface area contributed by atoms with Gasteiger partial charge in [-0.1, -0.05) is 42.5 Å². The van der Waals surface area contributed by atoms with E-state index in [0.717, 1.165) is 11.1 Å². The minimum Gasteiger partial charge on any atom is -0.434 e. The summed E-state index contributed by atoms with van der Waals surface area (Å²) >= 11 is 0. The molecule has 0 unspecified atom stereocenters. The zero-order valence-electron chi connectivity index (χ0n) is 12.8. The van der Waals surface area contributed by atoms with Gasteiger partial charge in [-0.15, -0.1) is 0 Å². The van der Waals surface area contributed by atoms with Gasteiger partial charge in [0.15, 0.2) is 0 Å². The quantitative estimate of drug-likeness (QED) is 0.888. The van der Waals surface area contributed by atoms with Crippen LogP contribution in [0, 0.1) is 6.92 Å². The van der Waals surface area contributed by atoms with E-state index in [4.69, 9.17) is 0 Å². The molecule has 0 saturated carbocycles. The Labute approximate surface area is 133 Å². The van der Waals surface area contributed by atoms with Crippen LogP contribution >= 0.6 is 0 Å². The lowest BCUT2D eigenvalue weighted by Gasteiger charge is -2.20. The monoisotopic (exact) mass is 319 g/mol. The van der Waals surface area contributed by atoms with Gasteiger partial charge in [0.2, 0.25) is 0 Å². The second-order valence-corrected chi connectivity index (χ2v) is 5.77. The molecular weight excluding hydrogens is 300 g/mol. The van der Waals surface area contributed by atoms with Crippen LogP contribution in [0.5, 0.6) is 5.75 Å². The molecule has 0 spiro atoms. The molecule has 5 heteroatoms. The number of alkyl halides is 2. The number of hydrogen-bond donors (Lipinski definition) is 2. The molecule has 0 amide bonds. The van der Waals surface area contributed by atoms with Crippen LogP contribution in [0.4, 0.5) is 8.78 Å². The number of fused-ring (bicyclic) bond motifs is 1. The molecular formula is C18H19F2NO2. The van der Waals surface area contributed by atoms with Crippen LogP contribution in [-0.2, 0) is 13.0 Å². The third kappa shape index (κ3) is 3.35. The number of aliphatic hydroxyl groups is 1. The van der Waals surface area contributed by atoms with Gasteiger partial charge < -0.3 is 15.2 Å². The number of ether oxygens (including phenoxy) is 1. The van der Waals surface area contributed by atoms with E-state index in [-0.39, 0.29) is 11.8 Å². The van der Waals surface area contributed by atoms with Crippen LogP contribution in [-0.4, -0.2) is 17.8 Å². The van der Waals surface area contributed by atoms with Crippen LogP contribution in [0.25, 0.3) is 0 Å². The Morgan fingerprint density at radius 3 is 2.78 bits per heavy atom. The Balaban J connectivity index is 1.78. The Hall–Kier alpha value is -1.98. The standard InChI is InChI=1S/C18H19F2NO2/c1-11-5-4-7-13(17(11)23-18(19)20)10-21-16-14-8-3-2-6-12(14)9-15(16)22/h2-8,15-16,18,21-22H,9-10H2,1H3/t15-,16+/m0/s1. The van der Waals surface area contributed by atoms with Gasteiger partial charge >= 0.3 is 6.61 Å². The van der Waals surface area contributed by atoms with E-state index in [9.17, 15) is 13.9 Å². The van der Waals surface area contributed by atoms with Crippen molar-refractivity contribution in [1.82, 2.24) is 5.32 Å². The predicted octanol–water partition coefficient (Wildman–Crippen LogP) is 3.34. The molecule has 3 rings (SSSR count). The molecule has 2 aromatic carbocycles. The SMILES string of the molecule is Cc1cccc(CN[C@@H]2c3ccccc3C[C@@H]2O)c1OC(F)F. The Morgan fingerprint density at radius 2 is 2.00 bits per heavy atom. The molecule has 1 aliphatic rings. The van der Waals surface area contributed by atoms with Crippen molar-refractivity contribution in [2.24, 2.45) is 0 Å². The average Bonchev–Trinajstić information content (AvgIpc) is 2.83. The van der Waals surface area contributed by atoms with Crippen LogP contribution in [0.1, 0.15) is 28.3 Å². The fourth-order valence-electron chi connectivity index (χ4n) is 3.15. The van der Waals surface area contributed by atoms with Gasteiger partial charge in [0.25, 0.3) is 0 Å². The summed E-state index contributed by atoms with van der Waals surface area (Å²) in [5.41, 5.74) is 3.49. The van der Waals surface area contributed by atoms with Gasteiger partial charge in [0, 0.05) is 18.5 Å². The number of para-hydroxylation sites is 1. The maximum absolute atomic E-state index is 12.6. The Bertz CT molecular complexity index is 690. The molecule has 0 saturated heterocycles. The van der Waals surface area contributed by atoms with Gasteiger partial charge in [-0.25, -0.2) is 0 Å². The lowest BCUT2D eigenvalue weighted by atomic mass is 10.1. The van der Waals surface area contributed by atoms with Crippen LogP contribution in [0.2, 0.25) is 0 Å². The number of hydrogen-bond acceptors (Lipinski definition) is 3. The molecule has 0 aromatic heterocycles. The Morgan fingerprint density at radius 1 is 1.22 bits per heavy atom. The first kappa shape index (κ1) is 15.9. The molecule has 2 atom stereocenters. The lowest BCUT2D eigenvalue weighted by molar-refractivity contribution is -0.0510. The lowest BCUT2D eigenvalue weighted by Crippen LogP contribution is -2.28. The largest absolute Gasteiger partial charge is 0.434 e. The minimum atomic E-state index is -2.85. The van der Waals surface area contributed by atoms with E-state index < -0.39 is 12.7 Å². The zero-order chi connectivity index (χ0) is 16.4. The van der Waals surface area contributed by atoms with E-state index in [0.29, 0.717) is 24.1 Å². The molecule has 23 heavy (non-hydrogen) atoms. The molecule has 0 bridgehead atoms. The van der Waals surface area contributed by atoms with Crippen molar-refractivity contribution < 1.29 is 18.6 Å². The molecule has 0 fully saturated rings. The molecule has 2 N–H and O–H groups in total. The van der Waals surface area contributed by atoms with Crippen LogP contribution < -0.4 is 10.1 Å². The van der Waals surface area contributed by atoms with Gasteiger partial charge in [0.1, 0.15) is 5.75 Å². The highest BCUT2D eigenvalue weighted by atomic mass is 19.3. The highest BCUT2D eigenvalue weighted by Crippen LogP contribution is 2.32. The average molecular weight is 319 g/mol. The third-order valence-corrected chi connectivity index (χ3v) is 4.22. The van der Waals surface area contributed by atoms with Gasteiger partial charge in [0.05, 0.1) is 12.1 Å². The van der Waals surface area contributed by atoms with Gasteiger partial charge in [-0.05, 0) is 23.6 Å². The maximum Gasteiger partial charge on any atom is 0.387 e. The van der Waals surface area contributed by atoms with E-state index in [1.807, 2.05) is 30.3 Å². The Kier molecular flexibility index (Phi) is 4.59. The summed E-state index contributed by atoms with van der Waals surface area (Å²) in [7, 11) is 0. The van der Waals surface area contributed by atoms with Crippen molar-refractivity contribution >= 4 is 0 Å². The smallest absolute Gasteiger partial charge is 0.387 e. The molecule has 1 aliphatic carbocycles. The minimum absolute atomic E-state index is 0.203. The highest BCUT2D eigenvalue weighted by Gasteiger charge is 2.30. The fourth-order valence-corrected chi connectivity index (χ4v) is 3.15. The summed E-state index contributed by atoms with van der Waals surface area (Å²) < 4.78 is 29.8. The number of benzene rings is 2. The number of halogens is 2. The molecule has 2 aromatic rings. The van der Waals surface area contributed by atoms with E-state index in [1.165, 1.54) is 0 Å². The first-order valence-electron chi connectivity index (χ1n) is 7.59. The van der Waals surface area contributed by atoms with Crippen molar-refractivity contribution in [3.63, 3.8) is 0 Å². The highest BCUT2D eigenvalue weighted by molar-refractivity contribution is 5.41. The van der Waals surface area contributed by atoms with Gasteiger partial charge in [-0.2, -0.15) is 8.78 Å². The first-order chi connectivity index (χ1) is 11.1. The van der Waals surface area contributed by atoms with Crippen molar-refractivity contribution in [2.45, 2.75) is 38.6 Å². The van der Waals surface area contributed by atoms with Crippen molar-refractivity contribution in [3.05, 3.63) is 64.7 Å². The fraction of sp³-hybridized carbons (Fsp3) is 0.333. The summed E-state index contributed by atoms with van der Waals surface area (Å²) in [6.45, 7) is -0.770. The van der Waals surface area contributed by atoms with E-state index >= 15 is 0 Å². The molecule has 0 radical (unpaired) electrons. The number of rotatable bonds is 5. The first-order valence-corrected chi connectivity index (χ1v) is 7.59. The topological polar surface area (TPSA) is 41.5 Å². The number of nitrogens with one attached hydrogen (secondary N) is 1. The van der Waals surface area contributed by atoms with Gasteiger partial charge in [-0.3, -0.25) is 0 Å². The number of aryl methyl sites for hydroxylation is 1. The molecule has 0 heterocycles. The van der Waals surface area contributed by atoms with Crippen LogP contribution in [0.15, 0.2) is 42.5 Å². The van der Waals surface area contributed by atoms with Crippen molar-refractivity contribution in [2.75, 3.05) is 0 Å². The zero-order valence-corrected chi connectivity index (χ0v) is 12.8. The molecule has 3 nitrogen and oxygen atoms in total. The summed E-state index contributed by atoms with van der Waals surface area (Å²) in [6, 6.07) is 13.0. The number of aliphatic hydroxyl groups excluding tert-OH is 1. The summed E-state index contributed by atoms with van der Waals surface area (Å²) in [5.74, 6) is 0.204. The van der Waals surface area contributed by atoms with Crippen molar-refractivity contribution in [3.8, 4) is 5.75 Å². The summed E-state index contributed by atoms with van der Waals surface area (Å²) in [4.78, 5) is 0.